The highest BCUT2D eigenvalue weighted by Crippen LogP contribution is 2.21. The molecule has 0 aliphatic rings. The highest BCUT2D eigenvalue weighted by Gasteiger charge is 2.05. The van der Waals surface area contributed by atoms with Gasteiger partial charge in [0.05, 0.1) is 6.61 Å². The van der Waals surface area contributed by atoms with Gasteiger partial charge in [0.2, 0.25) is 0 Å². The molecule has 1 atom stereocenters. The predicted molar refractivity (Wildman–Crippen MR) is 91.8 cm³/mol. The molecule has 0 amide bonds. The van der Waals surface area contributed by atoms with Crippen LogP contribution in [0.2, 0.25) is 0 Å². The third-order valence-electron chi connectivity index (χ3n) is 3.99. The first kappa shape index (κ1) is 18.0. The molecule has 0 aliphatic heterocycles. The Kier molecular flexibility index (Phi) is 9.98. The van der Waals surface area contributed by atoms with Gasteiger partial charge in [0.1, 0.15) is 5.75 Å². The van der Waals surface area contributed by atoms with E-state index in [1.54, 1.807) is 0 Å². The standard InChI is InChI=1S/C19H33NO/c1-3-5-6-7-8-9-10-11-12-19(20)17-13-15-18(16-14-17)21-4-2/h13-16,19H,3-12,20H2,1-2H3. The Morgan fingerprint density at radius 1 is 0.857 bits per heavy atom. The maximum absolute atomic E-state index is 6.26. The van der Waals surface area contributed by atoms with Crippen molar-refractivity contribution in [2.75, 3.05) is 6.61 Å². The van der Waals surface area contributed by atoms with Crippen LogP contribution in [0.5, 0.6) is 5.75 Å². The third kappa shape index (κ3) is 8.11. The van der Waals surface area contributed by atoms with Crippen LogP contribution in [0, 0.1) is 0 Å². The number of rotatable bonds is 12. The fourth-order valence-electron chi connectivity index (χ4n) is 2.64. The normalized spacial score (nSPS) is 12.3. The summed E-state index contributed by atoms with van der Waals surface area (Å²) in [5.74, 6) is 0.931. The van der Waals surface area contributed by atoms with Gasteiger partial charge in [0.15, 0.2) is 0 Å². The summed E-state index contributed by atoms with van der Waals surface area (Å²) in [6.07, 6.45) is 11.9. The molecule has 2 heteroatoms. The molecule has 2 nitrogen and oxygen atoms in total. The highest BCUT2D eigenvalue weighted by molar-refractivity contribution is 5.28. The molecule has 1 unspecified atom stereocenters. The summed E-state index contributed by atoms with van der Waals surface area (Å²) in [7, 11) is 0. The van der Waals surface area contributed by atoms with Gasteiger partial charge < -0.3 is 10.5 Å². The van der Waals surface area contributed by atoms with Gasteiger partial charge in [-0.1, -0.05) is 70.4 Å². The van der Waals surface area contributed by atoms with Crippen LogP contribution in [0.1, 0.15) is 83.2 Å². The number of hydrogen-bond acceptors (Lipinski definition) is 2. The lowest BCUT2D eigenvalue weighted by atomic mass is 10.00. The van der Waals surface area contributed by atoms with Gasteiger partial charge in [-0.3, -0.25) is 0 Å². The molecule has 2 N–H and O–H groups in total. The second kappa shape index (κ2) is 11.6. The molecule has 0 bridgehead atoms. The molecule has 1 aromatic rings. The number of ether oxygens (including phenoxy) is 1. The van der Waals surface area contributed by atoms with E-state index in [1.165, 1.54) is 56.9 Å². The monoisotopic (exact) mass is 291 g/mol. The lowest BCUT2D eigenvalue weighted by Gasteiger charge is -2.12. The average Bonchev–Trinajstić information content (AvgIpc) is 2.51. The Balaban J connectivity index is 2.11. The number of benzene rings is 1. The minimum absolute atomic E-state index is 0.167. The van der Waals surface area contributed by atoms with Gasteiger partial charge in [-0.05, 0) is 31.0 Å². The van der Waals surface area contributed by atoms with Crippen LogP contribution in [0.4, 0.5) is 0 Å². The smallest absolute Gasteiger partial charge is 0.119 e. The lowest BCUT2D eigenvalue weighted by Crippen LogP contribution is -2.10. The zero-order valence-electron chi connectivity index (χ0n) is 13.9. The van der Waals surface area contributed by atoms with E-state index in [0.29, 0.717) is 6.61 Å². The van der Waals surface area contributed by atoms with Gasteiger partial charge in [-0.2, -0.15) is 0 Å². The fourth-order valence-corrected chi connectivity index (χ4v) is 2.64. The predicted octanol–water partition coefficient (Wildman–Crippen LogP) is 5.62. The molecule has 0 radical (unpaired) electrons. The van der Waals surface area contributed by atoms with Crippen molar-refractivity contribution in [3.05, 3.63) is 29.8 Å². The lowest BCUT2D eigenvalue weighted by molar-refractivity contribution is 0.340. The molecule has 1 rings (SSSR count). The van der Waals surface area contributed by atoms with E-state index < -0.39 is 0 Å². The molecule has 0 saturated carbocycles. The molecular weight excluding hydrogens is 258 g/mol. The van der Waals surface area contributed by atoms with Crippen LogP contribution in [-0.4, -0.2) is 6.61 Å². The van der Waals surface area contributed by atoms with E-state index >= 15 is 0 Å². The number of hydrogen-bond donors (Lipinski definition) is 1. The summed E-state index contributed by atoms with van der Waals surface area (Å²) < 4.78 is 5.45. The van der Waals surface area contributed by atoms with Crippen molar-refractivity contribution in [2.24, 2.45) is 5.73 Å². The first-order valence-corrected chi connectivity index (χ1v) is 8.76. The molecule has 120 valence electrons. The van der Waals surface area contributed by atoms with E-state index in [0.717, 1.165) is 12.2 Å². The zero-order valence-corrected chi connectivity index (χ0v) is 13.9. The molecule has 1 aromatic carbocycles. The fraction of sp³-hybridized carbons (Fsp3) is 0.684. The minimum Gasteiger partial charge on any atom is -0.494 e. The SMILES string of the molecule is CCCCCCCCCCC(N)c1ccc(OCC)cc1. The summed E-state index contributed by atoms with van der Waals surface area (Å²) >= 11 is 0. The minimum atomic E-state index is 0.167. The Labute approximate surface area is 131 Å². The van der Waals surface area contributed by atoms with E-state index in [2.05, 4.69) is 19.1 Å². The van der Waals surface area contributed by atoms with Crippen molar-refractivity contribution in [1.29, 1.82) is 0 Å². The van der Waals surface area contributed by atoms with Crippen molar-refractivity contribution in [3.8, 4) is 5.75 Å². The number of nitrogens with two attached hydrogens (primary N) is 1. The summed E-state index contributed by atoms with van der Waals surface area (Å²) in [6.45, 7) is 4.98. The van der Waals surface area contributed by atoms with Gasteiger partial charge in [-0.15, -0.1) is 0 Å². The summed E-state index contributed by atoms with van der Waals surface area (Å²) in [6, 6.07) is 8.40. The van der Waals surface area contributed by atoms with Crippen LogP contribution in [0.15, 0.2) is 24.3 Å². The maximum Gasteiger partial charge on any atom is 0.119 e. The van der Waals surface area contributed by atoms with Gasteiger partial charge in [0, 0.05) is 6.04 Å². The Hall–Kier alpha value is -1.02. The Bertz CT molecular complexity index is 347. The van der Waals surface area contributed by atoms with Crippen LogP contribution in [0.25, 0.3) is 0 Å². The highest BCUT2D eigenvalue weighted by atomic mass is 16.5. The van der Waals surface area contributed by atoms with E-state index in [4.69, 9.17) is 10.5 Å². The molecular formula is C19H33NO. The molecule has 0 spiro atoms. The van der Waals surface area contributed by atoms with Crippen LogP contribution >= 0.6 is 0 Å². The van der Waals surface area contributed by atoms with E-state index in [-0.39, 0.29) is 6.04 Å². The second-order valence-electron chi connectivity index (χ2n) is 5.87. The molecule has 0 aromatic heterocycles. The Morgan fingerprint density at radius 3 is 2.00 bits per heavy atom. The molecule has 0 saturated heterocycles. The van der Waals surface area contributed by atoms with Crippen molar-refractivity contribution >= 4 is 0 Å². The van der Waals surface area contributed by atoms with Crippen molar-refractivity contribution in [3.63, 3.8) is 0 Å². The quantitative estimate of drug-likeness (QED) is 0.507. The second-order valence-corrected chi connectivity index (χ2v) is 5.87. The van der Waals surface area contributed by atoms with Crippen molar-refractivity contribution < 1.29 is 4.74 Å². The van der Waals surface area contributed by atoms with Gasteiger partial charge >= 0.3 is 0 Å². The topological polar surface area (TPSA) is 35.2 Å². The van der Waals surface area contributed by atoms with Crippen LogP contribution < -0.4 is 10.5 Å². The first-order valence-electron chi connectivity index (χ1n) is 8.76. The summed E-state index contributed by atoms with van der Waals surface area (Å²) in [5.41, 5.74) is 7.48. The molecule has 0 heterocycles. The van der Waals surface area contributed by atoms with Crippen molar-refractivity contribution in [1.82, 2.24) is 0 Å². The van der Waals surface area contributed by atoms with Gasteiger partial charge in [0.25, 0.3) is 0 Å². The zero-order chi connectivity index (χ0) is 15.3. The summed E-state index contributed by atoms with van der Waals surface area (Å²) in [5, 5.41) is 0. The number of unbranched alkanes of at least 4 members (excludes halogenated alkanes) is 7. The third-order valence-corrected chi connectivity index (χ3v) is 3.99. The molecule has 21 heavy (non-hydrogen) atoms. The first-order chi connectivity index (χ1) is 10.3. The molecule has 0 aliphatic carbocycles. The Morgan fingerprint density at radius 2 is 1.43 bits per heavy atom. The van der Waals surface area contributed by atoms with Crippen LogP contribution in [0.3, 0.4) is 0 Å². The van der Waals surface area contributed by atoms with Crippen molar-refractivity contribution in [2.45, 2.75) is 77.7 Å². The molecule has 0 fully saturated rings. The largest absolute Gasteiger partial charge is 0.494 e. The van der Waals surface area contributed by atoms with E-state index in [9.17, 15) is 0 Å². The van der Waals surface area contributed by atoms with Gasteiger partial charge in [-0.25, -0.2) is 0 Å². The maximum atomic E-state index is 6.26. The summed E-state index contributed by atoms with van der Waals surface area (Å²) in [4.78, 5) is 0. The van der Waals surface area contributed by atoms with E-state index in [1.807, 2.05) is 19.1 Å². The van der Waals surface area contributed by atoms with Crippen LogP contribution in [-0.2, 0) is 0 Å². The average molecular weight is 291 g/mol.